The minimum atomic E-state index is -0.312. The lowest BCUT2D eigenvalue weighted by Crippen LogP contribution is -2.36. The van der Waals surface area contributed by atoms with Crippen LogP contribution < -0.4 is 10.5 Å². The number of benzene rings is 1. The first-order valence-corrected chi connectivity index (χ1v) is 4.71. The number of para-hydroxylation sites is 1. The summed E-state index contributed by atoms with van der Waals surface area (Å²) in [7, 11) is 1.86. The van der Waals surface area contributed by atoms with Crippen molar-refractivity contribution in [1.82, 2.24) is 4.90 Å². The molecule has 15 heavy (non-hydrogen) atoms. The van der Waals surface area contributed by atoms with E-state index >= 15 is 0 Å². The van der Waals surface area contributed by atoms with Crippen molar-refractivity contribution in [2.75, 3.05) is 7.05 Å². The van der Waals surface area contributed by atoms with Gasteiger partial charge in [0.05, 0.1) is 6.21 Å². The third-order valence-corrected chi connectivity index (χ3v) is 2.08. The average Bonchev–Trinajstić information content (AvgIpc) is 2.25. The van der Waals surface area contributed by atoms with Crippen LogP contribution >= 0.6 is 0 Å². The molecule has 4 nitrogen and oxygen atoms in total. The summed E-state index contributed by atoms with van der Waals surface area (Å²) in [5, 5.41) is 0. The zero-order valence-corrected chi connectivity index (χ0v) is 8.50. The Hall–Kier alpha value is -1.81. The second kappa shape index (κ2) is 4.14. The molecule has 2 N–H and O–H groups in total. The minimum absolute atomic E-state index is 0.312. The summed E-state index contributed by atoms with van der Waals surface area (Å²) in [6.07, 6.45) is 3.15. The second-order valence-corrected chi connectivity index (χ2v) is 3.30. The highest BCUT2D eigenvalue weighted by molar-refractivity contribution is 5.77. The summed E-state index contributed by atoms with van der Waals surface area (Å²) in [5.41, 5.74) is 5.66. The van der Waals surface area contributed by atoms with Gasteiger partial charge in [-0.3, -0.25) is 5.73 Å². The molecule has 1 unspecified atom stereocenters. The zero-order chi connectivity index (χ0) is 10.7. The van der Waals surface area contributed by atoms with Crippen LogP contribution in [0.5, 0.6) is 5.75 Å². The predicted molar refractivity (Wildman–Crippen MR) is 59.4 cm³/mol. The third-order valence-electron chi connectivity index (χ3n) is 2.08. The van der Waals surface area contributed by atoms with Gasteiger partial charge >= 0.3 is 0 Å². The Labute approximate surface area is 88.7 Å². The van der Waals surface area contributed by atoms with E-state index in [9.17, 15) is 0 Å². The molecule has 1 atom stereocenters. The molecule has 0 aliphatic carbocycles. The standard InChI is InChI=1S/C11H13N3O/c1-14-8-10(7-13-11(14)12)15-9-5-3-2-4-6-9/h2-8,11H,12H2,1H3. The average molecular weight is 203 g/mol. The van der Waals surface area contributed by atoms with E-state index in [2.05, 4.69) is 4.99 Å². The van der Waals surface area contributed by atoms with Gasteiger partial charge < -0.3 is 9.64 Å². The number of rotatable bonds is 2. The van der Waals surface area contributed by atoms with Crippen molar-refractivity contribution in [3.8, 4) is 5.75 Å². The SMILES string of the molecule is CN1C=C(Oc2ccccc2)C=NC1N. The Morgan fingerprint density at radius 2 is 2.07 bits per heavy atom. The van der Waals surface area contributed by atoms with Crippen molar-refractivity contribution in [3.63, 3.8) is 0 Å². The van der Waals surface area contributed by atoms with Crippen LogP contribution in [0.3, 0.4) is 0 Å². The molecule has 0 spiro atoms. The van der Waals surface area contributed by atoms with Crippen LogP contribution in [0.25, 0.3) is 0 Å². The molecule has 1 aromatic rings. The Morgan fingerprint density at radius 3 is 2.73 bits per heavy atom. The molecule has 1 aliphatic heterocycles. The van der Waals surface area contributed by atoms with E-state index in [1.807, 2.05) is 43.6 Å². The van der Waals surface area contributed by atoms with Crippen LogP contribution in [-0.4, -0.2) is 24.5 Å². The molecular weight excluding hydrogens is 190 g/mol. The van der Waals surface area contributed by atoms with E-state index in [1.165, 1.54) is 0 Å². The molecular formula is C11H13N3O. The maximum absolute atomic E-state index is 5.66. The first-order chi connectivity index (χ1) is 7.25. The van der Waals surface area contributed by atoms with Gasteiger partial charge in [0.25, 0.3) is 0 Å². The Bertz CT molecular complexity index is 386. The van der Waals surface area contributed by atoms with Gasteiger partial charge in [0.1, 0.15) is 5.75 Å². The van der Waals surface area contributed by atoms with Gasteiger partial charge in [-0.15, -0.1) is 0 Å². The maximum Gasteiger partial charge on any atom is 0.173 e. The summed E-state index contributed by atoms with van der Waals surface area (Å²) >= 11 is 0. The molecule has 1 aromatic carbocycles. The number of nitrogens with zero attached hydrogens (tertiary/aromatic N) is 2. The number of hydrogen-bond donors (Lipinski definition) is 1. The topological polar surface area (TPSA) is 50.8 Å². The van der Waals surface area contributed by atoms with E-state index in [4.69, 9.17) is 10.5 Å². The summed E-state index contributed by atoms with van der Waals surface area (Å²) in [6.45, 7) is 0. The van der Waals surface area contributed by atoms with Crippen LogP contribution in [0.1, 0.15) is 0 Å². The second-order valence-electron chi connectivity index (χ2n) is 3.30. The number of aliphatic imine (C=N–C) groups is 1. The number of ether oxygens (including phenoxy) is 1. The molecule has 4 heteroatoms. The summed E-state index contributed by atoms with van der Waals surface area (Å²) in [4.78, 5) is 5.86. The molecule has 1 heterocycles. The molecule has 0 saturated carbocycles. The highest BCUT2D eigenvalue weighted by atomic mass is 16.5. The molecule has 0 saturated heterocycles. The molecule has 1 aliphatic rings. The van der Waals surface area contributed by atoms with E-state index < -0.39 is 0 Å². The van der Waals surface area contributed by atoms with Gasteiger partial charge in [-0.25, -0.2) is 4.99 Å². The van der Waals surface area contributed by atoms with Crippen LogP contribution in [0, 0.1) is 0 Å². The Kier molecular flexibility index (Phi) is 2.69. The van der Waals surface area contributed by atoms with E-state index in [-0.39, 0.29) is 6.29 Å². The third kappa shape index (κ3) is 2.35. The molecule has 78 valence electrons. The lowest BCUT2D eigenvalue weighted by Gasteiger charge is -2.23. The van der Waals surface area contributed by atoms with Crippen molar-refractivity contribution in [1.29, 1.82) is 0 Å². The fraction of sp³-hybridized carbons (Fsp3) is 0.182. The first-order valence-electron chi connectivity index (χ1n) is 4.71. The lowest BCUT2D eigenvalue weighted by atomic mass is 10.3. The summed E-state index contributed by atoms with van der Waals surface area (Å²) in [6, 6.07) is 9.57. The van der Waals surface area contributed by atoms with Gasteiger partial charge in [0.2, 0.25) is 0 Å². The number of nitrogens with two attached hydrogens (primary N) is 1. The molecule has 2 rings (SSSR count). The number of allylic oxidation sites excluding steroid dienone is 1. The van der Waals surface area contributed by atoms with Gasteiger partial charge in [-0.1, -0.05) is 18.2 Å². The minimum Gasteiger partial charge on any atom is -0.454 e. The highest BCUT2D eigenvalue weighted by Crippen LogP contribution is 2.14. The molecule has 0 bridgehead atoms. The summed E-state index contributed by atoms with van der Waals surface area (Å²) < 4.78 is 5.59. The van der Waals surface area contributed by atoms with E-state index in [1.54, 1.807) is 11.1 Å². The van der Waals surface area contributed by atoms with Crippen molar-refractivity contribution < 1.29 is 4.74 Å². The van der Waals surface area contributed by atoms with Crippen LogP contribution in [0.4, 0.5) is 0 Å². The van der Waals surface area contributed by atoms with Crippen molar-refractivity contribution in [2.45, 2.75) is 6.29 Å². The van der Waals surface area contributed by atoms with E-state index in [0.29, 0.717) is 5.76 Å². The quantitative estimate of drug-likeness (QED) is 0.784. The number of hydrogen-bond acceptors (Lipinski definition) is 4. The Morgan fingerprint density at radius 1 is 1.33 bits per heavy atom. The highest BCUT2D eigenvalue weighted by Gasteiger charge is 2.10. The monoisotopic (exact) mass is 203 g/mol. The van der Waals surface area contributed by atoms with Gasteiger partial charge in [-0.2, -0.15) is 0 Å². The normalized spacial score (nSPS) is 20.0. The van der Waals surface area contributed by atoms with Gasteiger partial charge in [0, 0.05) is 13.2 Å². The van der Waals surface area contributed by atoms with Crippen LogP contribution in [0.2, 0.25) is 0 Å². The lowest BCUT2D eigenvalue weighted by molar-refractivity contribution is 0.320. The van der Waals surface area contributed by atoms with Crippen molar-refractivity contribution in [2.24, 2.45) is 10.7 Å². The molecule has 0 radical (unpaired) electrons. The smallest absolute Gasteiger partial charge is 0.173 e. The Balaban J connectivity index is 2.08. The predicted octanol–water partition coefficient (Wildman–Crippen LogP) is 1.17. The maximum atomic E-state index is 5.66. The largest absolute Gasteiger partial charge is 0.454 e. The molecule has 0 amide bonds. The molecule has 0 fully saturated rings. The van der Waals surface area contributed by atoms with Gasteiger partial charge in [0.15, 0.2) is 12.0 Å². The molecule has 0 aromatic heterocycles. The first kappa shape index (κ1) is 9.73. The van der Waals surface area contributed by atoms with Crippen LogP contribution in [0.15, 0.2) is 47.3 Å². The fourth-order valence-corrected chi connectivity index (χ4v) is 1.24. The van der Waals surface area contributed by atoms with Crippen molar-refractivity contribution in [3.05, 3.63) is 42.3 Å². The van der Waals surface area contributed by atoms with Gasteiger partial charge in [-0.05, 0) is 12.1 Å². The van der Waals surface area contributed by atoms with Crippen LogP contribution in [-0.2, 0) is 0 Å². The van der Waals surface area contributed by atoms with E-state index in [0.717, 1.165) is 5.75 Å². The van der Waals surface area contributed by atoms with Crippen molar-refractivity contribution >= 4 is 6.21 Å². The summed E-state index contributed by atoms with van der Waals surface area (Å²) in [5.74, 6) is 1.48. The zero-order valence-electron chi connectivity index (χ0n) is 8.50. The fourth-order valence-electron chi connectivity index (χ4n) is 1.24.